The Hall–Kier alpha value is -2.14. The minimum Gasteiger partial charge on any atom is -0.478 e. The first-order valence-corrected chi connectivity index (χ1v) is 7.89. The highest BCUT2D eigenvalue weighted by Crippen LogP contribution is 2.38. The Kier molecular flexibility index (Phi) is 2.82. The van der Waals surface area contributed by atoms with E-state index in [-0.39, 0.29) is 5.56 Å². The fourth-order valence-corrected chi connectivity index (χ4v) is 4.09. The van der Waals surface area contributed by atoms with Crippen molar-refractivity contribution in [2.24, 2.45) is 0 Å². The zero-order valence-corrected chi connectivity index (χ0v) is 12.1. The molecule has 1 unspecified atom stereocenters. The van der Waals surface area contributed by atoms with Crippen LogP contribution in [0.15, 0.2) is 29.6 Å². The van der Waals surface area contributed by atoms with Crippen molar-refractivity contribution in [2.75, 3.05) is 0 Å². The van der Waals surface area contributed by atoms with Gasteiger partial charge in [0.05, 0.1) is 16.6 Å². The molecule has 2 N–H and O–H groups in total. The molecule has 0 saturated heterocycles. The topological polar surface area (TPSA) is 66.0 Å². The van der Waals surface area contributed by atoms with E-state index in [0.29, 0.717) is 5.92 Å². The van der Waals surface area contributed by atoms with Crippen LogP contribution in [0.5, 0.6) is 0 Å². The quantitative estimate of drug-likeness (QED) is 0.756. The molecule has 1 aliphatic rings. The fraction of sp³-hybridized carbons (Fsp3) is 0.250. The number of H-pyrrole nitrogens is 1. The monoisotopic (exact) mass is 298 g/mol. The van der Waals surface area contributed by atoms with Crippen LogP contribution in [0.1, 0.15) is 45.4 Å². The SMILES string of the molecule is O=C(O)c1ccc2nc(C3CCCc4sccc43)[nH]c2c1. The van der Waals surface area contributed by atoms with E-state index in [1.54, 1.807) is 18.2 Å². The van der Waals surface area contributed by atoms with Crippen molar-refractivity contribution in [3.8, 4) is 0 Å². The molecule has 0 spiro atoms. The van der Waals surface area contributed by atoms with Gasteiger partial charge in [-0.3, -0.25) is 0 Å². The van der Waals surface area contributed by atoms with Crippen LogP contribution >= 0.6 is 11.3 Å². The number of benzene rings is 1. The number of nitrogens with one attached hydrogen (secondary N) is 1. The fourth-order valence-electron chi connectivity index (χ4n) is 3.10. The summed E-state index contributed by atoms with van der Waals surface area (Å²) in [5, 5.41) is 11.2. The molecule has 0 aliphatic heterocycles. The van der Waals surface area contributed by atoms with Gasteiger partial charge in [0, 0.05) is 10.8 Å². The number of aromatic amines is 1. The van der Waals surface area contributed by atoms with Gasteiger partial charge in [-0.25, -0.2) is 9.78 Å². The summed E-state index contributed by atoms with van der Waals surface area (Å²) in [6.45, 7) is 0. The maximum atomic E-state index is 11.0. The Bertz CT molecular complexity index is 834. The molecular formula is C16H14N2O2S. The number of fused-ring (bicyclic) bond motifs is 2. The highest BCUT2D eigenvalue weighted by Gasteiger charge is 2.25. The molecule has 0 radical (unpaired) electrons. The highest BCUT2D eigenvalue weighted by molar-refractivity contribution is 7.10. The van der Waals surface area contributed by atoms with E-state index >= 15 is 0 Å². The molecule has 2 aromatic heterocycles. The molecule has 4 nitrogen and oxygen atoms in total. The van der Waals surface area contributed by atoms with E-state index < -0.39 is 5.97 Å². The maximum absolute atomic E-state index is 11.0. The minimum atomic E-state index is -0.911. The highest BCUT2D eigenvalue weighted by atomic mass is 32.1. The minimum absolute atomic E-state index is 0.289. The summed E-state index contributed by atoms with van der Waals surface area (Å²) < 4.78 is 0. The van der Waals surface area contributed by atoms with E-state index in [4.69, 9.17) is 5.11 Å². The van der Waals surface area contributed by atoms with Crippen LogP contribution in [0.3, 0.4) is 0 Å². The molecule has 0 amide bonds. The van der Waals surface area contributed by atoms with Gasteiger partial charge in [-0.1, -0.05) is 0 Å². The lowest BCUT2D eigenvalue weighted by molar-refractivity contribution is 0.0697. The number of carboxylic acids is 1. The number of hydrogen-bond acceptors (Lipinski definition) is 3. The van der Waals surface area contributed by atoms with Crippen LogP contribution in [0.25, 0.3) is 11.0 Å². The Balaban J connectivity index is 1.80. The van der Waals surface area contributed by atoms with Crippen molar-refractivity contribution >= 4 is 28.3 Å². The lowest BCUT2D eigenvalue weighted by Gasteiger charge is -2.20. The molecule has 4 rings (SSSR count). The first-order chi connectivity index (χ1) is 10.2. The second kappa shape index (κ2) is 4.70. The summed E-state index contributed by atoms with van der Waals surface area (Å²) in [6, 6.07) is 7.23. The Morgan fingerprint density at radius 2 is 2.29 bits per heavy atom. The average Bonchev–Trinajstić information content (AvgIpc) is 3.12. The van der Waals surface area contributed by atoms with Gasteiger partial charge in [-0.15, -0.1) is 11.3 Å². The number of thiophene rings is 1. The average molecular weight is 298 g/mol. The molecule has 0 fully saturated rings. The number of carboxylic acid groups (broad SMARTS) is 1. The number of carbonyl (C=O) groups is 1. The Morgan fingerprint density at radius 1 is 1.38 bits per heavy atom. The van der Waals surface area contributed by atoms with E-state index in [1.165, 1.54) is 16.9 Å². The lowest BCUT2D eigenvalue weighted by atomic mass is 9.87. The van der Waals surface area contributed by atoms with Gasteiger partial charge in [-0.05, 0) is 54.5 Å². The predicted octanol–water partition coefficient (Wildman–Crippen LogP) is 3.79. The summed E-state index contributed by atoms with van der Waals surface area (Å²) in [7, 11) is 0. The van der Waals surface area contributed by atoms with Crippen molar-refractivity contribution < 1.29 is 9.90 Å². The Labute approximate surface area is 125 Å². The molecule has 2 heterocycles. The number of nitrogens with zero attached hydrogens (tertiary/aromatic N) is 1. The number of aryl methyl sites for hydroxylation is 1. The number of rotatable bonds is 2. The van der Waals surface area contributed by atoms with Gasteiger partial charge in [0.1, 0.15) is 5.82 Å². The molecule has 0 bridgehead atoms. The van der Waals surface area contributed by atoms with Crippen LogP contribution in [0, 0.1) is 0 Å². The van der Waals surface area contributed by atoms with Gasteiger partial charge in [0.2, 0.25) is 0 Å². The molecule has 0 saturated carbocycles. The van der Waals surface area contributed by atoms with Crippen LogP contribution < -0.4 is 0 Å². The normalized spacial score (nSPS) is 17.8. The van der Waals surface area contributed by atoms with E-state index in [9.17, 15) is 4.79 Å². The largest absolute Gasteiger partial charge is 0.478 e. The van der Waals surface area contributed by atoms with Crippen LogP contribution in [-0.4, -0.2) is 21.0 Å². The number of aromatic carboxylic acids is 1. The summed E-state index contributed by atoms with van der Waals surface area (Å²) >= 11 is 1.82. The van der Waals surface area contributed by atoms with E-state index in [0.717, 1.165) is 29.7 Å². The number of imidazole rings is 1. The van der Waals surface area contributed by atoms with Gasteiger partial charge in [0.15, 0.2) is 0 Å². The number of hydrogen-bond donors (Lipinski definition) is 2. The molecule has 3 aromatic rings. The second-order valence-corrected chi connectivity index (χ2v) is 6.40. The molecular weight excluding hydrogens is 284 g/mol. The van der Waals surface area contributed by atoms with E-state index in [2.05, 4.69) is 21.4 Å². The number of aromatic nitrogens is 2. The predicted molar refractivity (Wildman–Crippen MR) is 82.2 cm³/mol. The maximum Gasteiger partial charge on any atom is 0.335 e. The first-order valence-electron chi connectivity index (χ1n) is 7.01. The third-order valence-corrected chi connectivity index (χ3v) is 5.13. The smallest absolute Gasteiger partial charge is 0.335 e. The van der Waals surface area contributed by atoms with Gasteiger partial charge in [-0.2, -0.15) is 0 Å². The van der Waals surface area contributed by atoms with Crippen LogP contribution in [0.2, 0.25) is 0 Å². The van der Waals surface area contributed by atoms with Crippen LogP contribution in [-0.2, 0) is 6.42 Å². The zero-order valence-electron chi connectivity index (χ0n) is 11.3. The Morgan fingerprint density at radius 3 is 3.14 bits per heavy atom. The molecule has 5 heteroatoms. The molecule has 106 valence electrons. The van der Waals surface area contributed by atoms with Crippen molar-refractivity contribution in [1.82, 2.24) is 9.97 Å². The van der Waals surface area contributed by atoms with Gasteiger partial charge < -0.3 is 10.1 Å². The van der Waals surface area contributed by atoms with Crippen LogP contribution in [0.4, 0.5) is 0 Å². The van der Waals surface area contributed by atoms with E-state index in [1.807, 2.05) is 11.3 Å². The van der Waals surface area contributed by atoms with Gasteiger partial charge in [0.25, 0.3) is 0 Å². The summed E-state index contributed by atoms with van der Waals surface area (Å²) in [6.07, 6.45) is 3.43. The molecule has 21 heavy (non-hydrogen) atoms. The third-order valence-electron chi connectivity index (χ3n) is 4.13. The lowest BCUT2D eigenvalue weighted by Crippen LogP contribution is -2.09. The molecule has 1 atom stereocenters. The van der Waals surface area contributed by atoms with Crippen molar-refractivity contribution in [3.05, 3.63) is 51.5 Å². The zero-order chi connectivity index (χ0) is 14.4. The molecule has 1 aliphatic carbocycles. The first kappa shape index (κ1) is 12.6. The standard InChI is InChI=1S/C16H14N2O2S/c19-16(20)9-4-5-12-13(8-9)18-15(17-12)11-2-1-3-14-10(11)6-7-21-14/h4-8,11H,1-3H2,(H,17,18)(H,19,20). The van der Waals surface area contributed by atoms with Crippen molar-refractivity contribution in [3.63, 3.8) is 0 Å². The second-order valence-electron chi connectivity index (χ2n) is 5.40. The molecule has 1 aromatic carbocycles. The summed E-state index contributed by atoms with van der Waals surface area (Å²) in [5.74, 6) is 0.346. The third kappa shape index (κ3) is 2.05. The summed E-state index contributed by atoms with van der Waals surface area (Å²) in [4.78, 5) is 20.5. The van der Waals surface area contributed by atoms with Crippen molar-refractivity contribution in [1.29, 1.82) is 0 Å². The van der Waals surface area contributed by atoms with Crippen molar-refractivity contribution in [2.45, 2.75) is 25.2 Å². The van der Waals surface area contributed by atoms with Gasteiger partial charge >= 0.3 is 5.97 Å². The summed E-state index contributed by atoms with van der Waals surface area (Å²) in [5.41, 5.74) is 3.30.